The Morgan fingerprint density at radius 1 is 1.08 bits per heavy atom. The highest BCUT2D eigenvalue weighted by Gasteiger charge is 2.63. The molecule has 9 heteroatoms. The first-order chi connectivity index (χ1) is 16.3. The lowest BCUT2D eigenvalue weighted by atomic mass is 9.85. The highest BCUT2D eigenvalue weighted by Crippen LogP contribution is 2.66. The molecule has 0 aromatic carbocycles. The smallest absolute Gasteiger partial charge is 0.315 e. The molecule has 2 saturated carbocycles. The molecule has 8 nitrogen and oxygen atoms in total. The Morgan fingerprint density at radius 2 is 1.67 bits per heavy atom. The molecule has 1 saturated heterocycles. The average molecular weight is 525 g/mol. The van der Waals surface area contributed by atoms with Gasteiger partial charge in [0, 0.05) is 35.1 Å². The van der Waals surface area contributed by atoms with Gasteiger partial charge in [-0.3, -0.25) is 13.8 Å². The van der Waals surface area contributed by atoms with Gasteiger partial charge in [0.1, 0.15) is 6.04 Å². The van der Waals surface area contributed by atoms with E-state index in [0.29, 0.717) is 24.4 Å². The van der Waals surface area contributed by atoms with Crippen LogP contribution in [0.2, 0.25) is 0 Å². The van der Waals surface area contributed by atoms with E-state index in [1.165, 1.54) is 12.8 Å². The minimum atomic E-state index is -2.42. The van der Waals surface area contributed by atoms with E-state index in [2.05, 4.69) is 16.5 Å². The third-order valence-corrected chi connectivity index (χ3v) is 10.3. The summed E-state index contributed by atoms with van der Waals surface area (Å²) >= 11 is 0. The summed E-state index contributed by atoms with van der Waals surface area (Å²) < 4.78 is 14.1. The molecule has 3 amide bonds. The molecule has 0 aromatic rings. The second-order valence-electron chi connectivity index (χ2n) is 13.8. The summed E-state index contributed by atoms with van der Waals surface area (Å²) in [5.74, 6) is 4.22. The molecule has 0 aromatic heterocycles. The monoisotopic (exact) mass is 524 g/mol. The lowest BCUT2D eigenvalue weighted by Crippen LogP contribution is -2.61. The van der Waals surface area contributed by atoms with Crippen LogP contribution in [0.15, 0.2) is 0 Å². The number of Topliss-reactive ketones (excluding diaryl/α,β-unsaturated/α-hetero) is 1. The molecule has 3 fully saturated rings. The van der Waals surface area contributed by atoms with Crippen LogP contribution in [0.3, 0.4) is 0 Å². The summed E-state index contributed by atoms with van der Waals surface area (Å²) in [6, 6.07) is -1.95. The topological polar surface area (TPSA) is 98.8 Å². The van der Waals surface area contributed by atoms with Crippen molar-refractivity contribution in [2.24, 2.45) is 28.1 Å². The number of nitrogens with one attached hydrogen (secondary N) is 2. The molecule has 3 rings (SSSR count). The van der Waals surface area contributed by atoms with Crippen LogP contribution in [0, 0.1) is 28.1 Å². The van der Waals surface area contributed by atoms with Gasteiger partial charge in [0.2, 0.25) is 5.91 Å². The van der Waals surface area contributed by atoms with Gasteiger partial charge in [-0.15, -0.1) is 0 Å². The van der Waals surface area contributed by atoms with Crippen molar-refractivity contribution in [2.75, 3.05) is 26.4 Å². The first kappa shape index (κ1) is 29.0. The molecular weight excluding hydrogens is 476 g/mol. The van der Waals surface area contributed by atoms with Gasteiger partial charge in [0.15, 0.2) is 5.78 Å². The molecule has 3 aliphatic rings. The van der Waals surface area contributed by atoms with E-state index in [4.69, 9.17) is 0 Å². The number of hydrogen-bond donors (Lipinski definition) is 2. The van der Waals surface area contributed by atoms with E-state index < -0.39 is 33.2 Å². The quantitative estimate of drug-likeness (QED) is 0.500. The lowest BCUT2D eigenvalue weighted by molar-refractivity contribution is -0.141. The largest absolute Gasteiger partial charge is 0.334 e. The van der Waals surface area contributed by atoms with Crippen molar-refractivity contribution in [3.63, 3.8) is 0 Å². The second-order valence-corrected chi connectivity index (χ2v) is 16.4. The maximum absolute atomic E-state index is 14.0. The number of likely N-dealkylation sites (N-methyl/N-ethyl adjacent to an activating group) is 1. The van der Waals surface area contributed by atoms with E-state index >= 15 is 0 Å². The van der Waals surface area contributed by atoms with Gasteiger partial charge in [-0.25, -0.2) is 9.10 Å². The molecule has 2 N–H and O–H groups in total. The Kier molecular flexibility index (Phi) is 7.73. The fourth-order valence-electron chi connectivity index (χ4n) is 6.18. The second kappa shape index (κ2) is 9.61. The predicted molar refractivity (Wildman–Crippen MR) is 146 cm³/mol. The number of amides is 3. The summed E-state index contributed by atoms with van der Waals surface area (Å²) in [7, 11) is -0.692. The Labute approximate surface area is 218 Å². The van der Waals surface area contributed by atoms with Crippen LogP contribution >= 0.6 is 0 Å². The van der Waals surface area contributed by atoms with Crippen molar-refractivity contribution in [3.05, 3.63) is 0 Å². The number of ketones is 1. The molecule has 206 valence electrons. The number of fused-ring (bicyclic) bond motifs is 2. The van der Waals surface area contributed by atoms with Crippen LogP contribution < -0.4 is 10.6 Å². The maximum Gasteiger partial charge on any atom is 0.315 e. The number of nitrogens with zero attached hydrogens (tertiary/aromatic N) is 2. The normalized spacial score (nSPS) is 28.4. The number of rotatable bonds is 7. The summed E-state index contributed by atoms with van der Waals surface area (Å²) in [5, 5.41) is 5.97. The Balaban J connectivity index is 1.78. The molecule has 0 radical (unpaired) electrons. The molecule has 36 heavy (non-hydrogen) atoms. The zero-order valence-corrected chi connectivity index (χ0v) is 24.6. The standard InChI is InChI=1S/C27H48N4O4S/c1-17(32)21-18-11-12-27(13-14-27)19(18)15-31(21)23(33)22(26(5,6)7)29-24(34)28-20(25(2,3)4)16-30(8)36(9,10)35/h18-22H,9,11-16H2,1-8,10H3,(H2,28,29,34)/t18-,19-,20+,21+,22+,36?/m0/s1. The van der Waals surface area contributed by atoms with Crippen molar-refractivity contribution in [1.82, 2.24) is 19.8 Å². The zero-order valence-electron chi connectivity index (χ0n) is 23.8. The van der Waals surface area contributed by atoms with Gasteiger partial charge in [-0.2, -0.15) is 0 Å². The van der Waals surface area contributed by atoms with Crippen LogP contribution in [-0.4, -0.2) is 81.5 Å². The number of hydrogen-bond acceptors (Lipinski definition) is 4. The van der Waals surface area contributed by atoms with Crippen molar-refractivity contribution in [1.29, 1.82) is 0 Å². The molecule has 1 spiro atoms. The third kappa shape index (κ3) is 5.93. The first-order valence-electron chi connectivity index (χ1n) is 13.2. The number of carbonyl (C=O) groups is 3. The van der Waals surface area contributed by atoms with Crippen LogP contribution in [0.25, 0.3) is 0 Å². The Morgan fingerprint density at radius 3 is 2.11 bits per heavy atom. The van der Waals surface area contributed by atoms with E-state index in [1.807, 2.05) is 41.5 Å². The lowest BCUT2D eigenvalue weighted by Gasteiger charge is -2.38. The van der Waals surface area contributed by atoms with E-state index in [9.17, 15) is 18.6 Å². The highest BCUT2D eigenvalue weighted by atomic mass is 32.2. The molecule has 6 atom stereocenters. The van der Waals surface area contributed by atoms with Gasteiger partial charge >= 0.3 is 6.03 Å². The van der Waals surface area contributed by atoms with E-state index in [0.717, 1.165) is 12.8 Å². The summed E-state index contributed by atoms with van der Waals surface area (Å²) in [6.07, 6.45) is 6.14. The van der Waals surface area contributed by atoms with Crippen molar-refractivity contribution < 1.29 is 18.6 Å². The van der Waals surface area contributed by atoms with Gasteiger partial charge in [0.25, 0.3) is 0 Å². The average Bonchev–Trinajstić information content (AvgIpc) is 3.26. The zero-order chi connectivity index (χ0) is 27.4. The van der Waals surface area contributed by atoms with E-state index in [1.54, 1.807) is 29.4 Å². The summed E-state index contributed by atoms with van der Waals surface area (Å²) in [4.78, 5) is 41.8. The summed E-state index contributed by atoms with van der Waals surface area (Å²) in [5.41, 5.74) is -0.542. The molecule has 2 aliphatic carbocycles. The Hall–Kier alpha value is -1.61. The molecular formula is C27H48N4O4S. The summed E-state index contributed by atoms with van der Waals surface area (Å²) in [6.45, 7) is 14.4. The third-order valence-electron chi connectivity index (χ3n) is 8.84. The van der Waals surface area contributed by atoms with Gasteiger partial charge in [0.05, 0.1) is 6.04 Å². The minimum absolute atomic E-state index is 0.0397. The predicted octanol–water partition coefficient (Wildman–Crippen LogP) is 2.91. The molecule has 1 heterocycles. The van der Waals surface area contributed by atoms with E-state index in [-0.39, 0.29) is 29.1 Å². The number of urea groups is 1. The van der Waals surface area contributed by atoms with Crippen molar-refractivity contribution in [2.45, 2.75) is 92.3 Å². The van der Waals surface area contributed by atoms with Crippen molar-refractivity contribution in [3.8, 4) is 0 Å². The molecule has 0 bridgehead atoms. The first-order valence-corrected chi connectivity index (χ1v) is 15.3. The fraction of sp³-hybridized carbons (Fsp3) is 0.852. The Bertz CT molecular complexity index is 990. The van der Waals surface area contributed by atoms with Gasteiger partial charge < -0.3 is 15.5 Å². The van der Waals surface area contributed by atoms with Crippen molar-refractivity contribution >= 4 is 33.3 Å². The fourth-order valence-corrected chi connectivity index (χ4v) is 6.65. The van der Waals surface area contributed by atoms with Gasteiger partial charge in [-0.1, -0.05) is 41.5 Å². The van der Waals surface area contributed by atoms with Gasteiger partial charge in [-0.05, 0) is 73.6 Å². The van der Waals surface area contributed by atoms with Crippen LogP contribution in [0.1, 0.15) is 74.1 Å². The number of likely N-dealkylation sites (tertiary alicyclic amines) is 1. The van der Waals surface area contributed by atoms with Crippen LogP contribution in [0.4, 0.5) is 4.79 Å². The highest BCUT2D eigenvalue weighted by molar-refractivity contribution is 7.97. The minimum Gasteiger partial charge on any atom is -0.334 e. The van der Waals surface area contributed by atoms with Crippen LogP contribution in [-0.2, 0) is 19.3 Å². The van der Waals surface area contributed by atoms with Crippen LogP contribution in [0.5, 0.6) is 0 Å². The number of carbonyl (C=O) groups excluding carboxylic acids is 3. The molecule has 1 aliphatic heterocycles. The maximum atomic E-state index is 14.0. The molecule has 1 unspecified atom stereocenters. The SMILES string of the molecule is C=S(C)(=O)N(C)C[C@@H](NC(=O)N[C@H](C(=O)N1C[C@H]2[C@H](CCC23CC3)[C@H]1C(C)=O)C(C)(C)C)C(C)(C)C.